The number of fused-ring (bicyclic) bond motifs is 1. The average molecular weight is 335 g/mol. The highest BCUT2D eigenvalue weighted by atomic mass is 16.5. The van der Waals surface area contributed by atoms with Crippen LogP contribution in [0.2, 0.25) is 0 Å². The Kier molecular flexibility index (Phi) is 4.26. The van der Waals surface area contributed by atoms with Crippen LogP contribution in [0.4, 0.5) is 5.95 Å². The first-order chi connectivity index (χ1) is 12.3. The average Bonchev–Trinajstić information content (AvgIpc) is 3.11. The van der Waals surface area contributed by atoms with Gasteiger partial charge in [0.1, 0.15) is 5.58 Å². The van der Waals surface area contributed by atoms with E-state index < -0.39 is 0 Å². The van der Waals surface area contributed by atoms with Gasteiger partial charge >= 0.3 is 0 Å². The molecule has 0 spiro atoms. The number of rotatable bonds is 4. The highest BCUT2D eigenvalue weighted by molar-refractivity contribution is 6.06. The van der Waals surface area contributed by atoms with Crippen LogP contribution in [-0.4, -0.2) is 42.1 Å². The number of anilines is 1. The van der Waals surface area contributed by atoms with Crippen LogP contribution in [0.3, 0.4) is 0 Å². The van der Waals surface area contributed by atoms with Crippen LogP contribution in [0.15, 0.2) is 53.2 Å². The van der Waals surface area contributed by atoms with Gasteiger partial charge < -0.3 is 14.1 Å². The third-order valence-corrected chi connectivity index (χ3v) is 4.05. The second kappa shape index (κ2) is 6.86. The molecule has 4 rings (SSSR count). The molecule has 0 saturated carbocycles. The maximum absolute atomic E-state index is 12.3. The van der Waals surface area contributed by atoms with E-state index in [0.29, 0.717) is 30.5 Å². The number of para-hydroxylation sites is 1. The number of morpholine rings is 1. The SMILES string of the molecule is O=C(/C=C/c1cnc(N2CCOCC2)nc1)c1cc2ccccc2o1. The van der Waals surface area contributed by atoms with E-state index in [-0.39, 0.29) is 5.78 Å². The van der Waals surface area contributed by atoms with Gasteiger partial charge in [-0.15, -0.1) is 0 Å². The fourth-order valence-electron chi connectivity index (χ4n) is 2.70. The molecule has 0 bridgehead atoms. The van der Waals surface area contributed by atoms with Crippen LogP contribution in [0, 0.1) is 0 Å². The van der Waals surface area contributed by atoms with E-state index in [9.17, 15) is 4.79 Å². The van der Waals surface area contributed by atoms with Gasteiger partial charge in [0.25, 0.3) is 0 Å². The van der Waals surface area contributed by atoms with Crippen LogP contribution >= 0.6 is 0 Å². The Morgan fingerprint density at radius 3 is 2.64 bits per heavy atom. The monoisotopic (exact) mass is 335 g/mol. The molecule has 1 saturated heterocycles. The molecule has 3 heterocycles. The van der Waals surface area contributed by atoms with Crippen LogP contribution < -0.4 is 4.90 Å². The second-order valence-corrected chi connectivity index (χ2v) is 5.76. The first kappa shape index (κ1) is 15.5. The summed E-state index contributed by atoms with van der Waals surface area (Å²) in [6.07, 6.45) is 6.59. The lowest BCUT2D eigenvalue weighted by Crippen LogP contribution is -2.37. The number of allylic oxidation sites excluding steroid dienone is 1. The Bertz CT molecular complexity index is 876. The minimum Gasteiger partial charge on any atom is -0.453 e. The minimum atomic E-state index is -0.187. The van der Waals surface area contributed by atoms with Gasteiger partial charge in [0, 0.05) is 36.4 Å². The summed E-state index contributed by atoms with van der Waals surface area (Å²) in [5.41, 5.74) is 1.47. The summed E-state index contributed by atoms with van der Waals surface area (Å²) in [5.74, 6) is 0.820. The Morgan fingerprint density at radius 2 is 1.88 bits per heavy atom. The minimum absolute atomic E-state index is 0.187. The fraction of sp³-hybridized carbons (Fsp3) is 0.211. The summed E-state index contributed by atoms with van der Waals surface area (Å²) < 4.78 is 10.9. The van der Waals surface area contributed by atoms with Crippen LogP contribution in [0.1, 0.15) is 16.1 Å². The smallest absolute Gasteiger partial charge is 0.225 e. The van der Waals surface area contributed by atoms with Gasteiger partial charge in [-0.25, -0.2) is 9.97 Å². The van der Waals surface area contributed by atoms with Crippen molar-refractivity contribution in [3.05, 3.63) is 60.1 Å². The van der Waals surface area contributed by atoms with Gasteiger partial charge in [-0.3, -0.25) is 4.79 Å². The number of nitrogens with zero attached hydrogens (tertiary/aromatic N) is 3. The van der Waals surface area contributed by atoms with E-state index in [2.05, 4.69) is 14.9 Å². The molecule has 25 heavy (non-hydrogen) atoms. The largest absolute Gasteiger partial charge is 0.453 e. The predicted molar refractivity (Wildman–Crippen MR) is 94.6 cm³/mol. The highest BCUT2D eigenvalue weighted by Gasteiger charge is 2.13. The van der Waals surface area contributed by atoms with E-state index in [1.165, 1.54) is 6.08 Å². The lowest BCUT2D eigenvalue weighted by molar-refractivity contribution is 0.102. The van der Waals surface area contributed by atoms with Gasteiger partial charge in [0.2, 0.25) is 11.7 Å². The summed E-state index contributed by atoms with van der Waals surface area (Å²) in [7, 11) is 0. The van der Waals surface area contributed by atoms with Crippen molar-refractivity contribution < 1.29 is 13.9 Å². The number of benzene rings is 1. The van der Waals surface area contributed by atoms with Gasteiger partial charge in [0.15, 0.2) is 5.76 Å². The Morgan fingerprint density at radius 1 is 1.12 bits per heavy atom. The van der Waals surface area contributed by atoms with Gasteiger partial charge in [-0.2, -0.15) is 0 Å². The fourth-order valence-corrected chi connectivity index (χ4v) is 2.70. The van der Waals surface area contributed by atoms with Gasteiger partial charge in [-0.05, 0) is 24.3 Å². The maximum Gasteiger partial charge on any atom is 0.225 e. The van der Waals surface area contributed by atoms with Crippen molar-refractivity contribution in [2.24, 2.45) is 0 Å². The molecule has 6 heteroatoms. The lowest BCUT2D eigenvalue weighted by Gasteiger charge is -2.26. The van der Waals surface area contributed by atoms with Crippen molar-refractivity contribution in [2.75, 3.05) is 31.2 Å². The molecule has 1 fully saturated rings. The van der Waals surface area contributed by atoms with E-state index in [4.69, 9.17) is 9.15 Å². The van der Waals surface area contributed by atoms with Crippen LogP contribution in [0.5, 0.6) is 0 Å². The highest BCUT2D eigenvalue weighted by Crippen LogP contribution is 2.19. The summed E-state index contributed by atoms with van der Waals surface area (Å²) in [5, 5.41) is 0.914. The molecule has 0 N–H and O–H groups in total. The number of carbonyl (C=O) groups excluding carboxylic acids is 1. The molecular weight excluding hydrogens is 318 g/mol. The normalized spacial score (nSPS) is 15.1. The number of hydrogen-bond acceptors (Lipinski definition) is 6. The van der Waals surface area contributed by atoms with Crippen LogP contribution in [0.25, 0.3) is 17.0 Å². The van der Waals surface area contributed by atoms with Crippen molar-refractivity contribution in [3.63, 3.8) is 0 Å². The molecule has 1 aromatic carbocycles. The van der Waals surface area contributed by atoms with E-state index in [1.807, 2.05) is 24.3 Å². The number of aromatic nitrogens is 2. The molecule has 0 amide bonds. The quantitative estimate of drug-likeness (QED) is 0.539. The summed E-state index contributed by atoms with van der Waals surface area (Å²) in [6.45, 7) is 2.97. The van der Waals surface area contributed by atoms with Crippen molar-refractivity contribution >= 4 is 28.8 Å². The number of ketones is 1. The molecule has 1 aliphatic heterocycles. The molecule has 0 unspecified atom stereocenters. The molecule has 1 aliphatic rings. The number of furan rings is 1. The third-order valence-electron chi connectivity index (χ3n) is 4.05. The molecule has 0 aliphatic carbocycles. The molecule has 6 nitrogen and oxygen atoms in total. The zero-order valence-electron chi connectivity index (χ0n) is 13.6. The Labute approximate surface area is 144 Å². The predicted octanol–water partition coefficient (Wildman–Crippen LogP) is 2.96. The third kappa shape index (κ3) is 3.44. The lowest BCUT2D eigenvalue weighted by atomic mass is 10.2. The molecular formula is C19H17N3O3. The zero-order valence-corrected chi connectivity index (χ0v) is 13.6. The first-order valence-corrected chi connectivity index (χ1v) is 8.15. The first-order valence-electron chi connectivity index (χ1n) is 8.15. The molecule has 126 valence electrons. The topological polar surface area (TPSA) is 68.5 Å². The van der Waals surface area contributed by atoms with E-state index >= 15 is 0 Å². The summed E-state index contributed by atoms with van der Waals surface area (Å²) in [4.78, 5) is 23.1. The molecule has 3 aromatic rings. The molecule has 0 atom stereocenters. The number of hydrogen-bond donors (Lipinski definition) is 0. The van der Waals surface area contributed by atoms with Crippen molar-refractivity contribution in [3.8, 4) is 0 Å². The Balaban J connectivity index is 1.46. The summed E-state index contributed by atoms with van der Waals surface area (Å²) >= 11 is 0. The van der Waals surface area contributed by atoms with Crippen molar-refractivity contribution in [2.45, 2.75) is 0 Å². The summed E-state index contributed by atoms with van der Waals surface area (Å²) in [6, 6.07) is 9.30. The standard InChI is InChI=1S/C19H17N3O3/c23-16(18-11-15-3-1-2-4-17(15)25-18)6-5-14-12-20-19(21-13-14)22-7-9-24-10-8-22/h1-6,11-13H,7-10H2/b6-5+. The van der Waals surface area contributed by atoms with Gasteiger partial charge in [-0.1, -0.05) is 18.2 Å². The Hall–Kier alpha value is -2.99. The zero-order chi connectivity index (χ0) is 17.1. The van der Waals surface area contributed by atoms with Crippen LogP contribution in [-0.2, 0) is 4.74 Å². The number of carbonyl (C=O) groups is 1. The van der Waals surface area contributed by atoms with E-state index in [0.717, 1.165) is 24.0 Å². The second-order valence-electron chi connectivity index (χ2n) is 5.76. The van der Waals surface area contributed by atoms with Crippen molar-refractivity contribution in [1.29, 1.82) is 0 Å². The molecule has 0 radical (unpaired) electrons. The van der Waals surface area contributed by atoms with Gasteiger partial charge in [0.05, 0.1) is 13.2 Å². The number of ether oxygens (including phenoxy) is 1. The van der Waals surface area contributed by atoms with E-state index in [1.54, 1.807) is 24.5 Å². The molecule has 2 aromatic heterocycles. The maximum atomic E-state index is 12.3. The van der Waals surface area contributed by atoms with Crippen molar-refractivity contribution in [1.82, 2.24) is 9.97 Å².